The molecule has 4 N–H and O–H groups in total. The lowest BCUT2D eigenvalue weighted by Crippen LogP contribution is -2.30. The van der Waals surface area contributed by atoms with Crippen molar-refractivity contribution in [3.05, 3.63) is 207 Å². The van der Waals surface area contributed by atoms with Crippen LogP contribution in [0.4, 0.5) is 0 Å². The third-order valence-corrected chi connectivity index (χ3v) is 20.9. The number of allylic oxidation sites excluding steroid dienone is 34. The van der Waals surface area contributed by atoms with E-state index in [2.05, 4.69) is 227 Å². The first-order chi connectivity index (χ1) is 58.2. The summed E-state index contributed by atoms with van der Waals surface area (Å²) >= 11 is 0. The quantitative estimate of drug-likeness (QED) is 0.0146. The van der Waals surface area contributed by atoms with Gasteiger partial charge < -0.3 is 34.2 Å². The van der Waals surface area contributed by atoms with E-state index in [0.717, 1.165) is 199 Å². The van der Waals surface area contributed by atoms with Crippen LogP contribution in [0.3, 0.4) is 0 Å². The molecule has 0 rings (SSSR count). The molecular weight excluding hydrogens is 1530 g/mol. The lowest BCUT2D eigenvalue weighted by atomic mass is 10.0. The van der Waals surface area contributed by atoms with E-state index in [1.54, 1.807) is 0 Å². The molecule has 18 heteroatoms. The van der Waals surface area contributed by atoms with Gasteiger partial charge in [0, 0.05) is 19.3 Å². The minimum Gasteiger partial charge on any atom is -0.463 e. The fourth-order valence-electron chi connectivity index (χ4n) is 12.1. The van der Waals surface area contributed by atoms with Crippen molar-refractivity contribution in [1.29, 1.82) is 0 Å². The van der Waals surface area contributed by atoms with Crippen molar-refractivity contribution in [2.24, 2.45) is 0 Å². The van der Waals surface area contributed by atoms with Crippen molar-refractivity contribution < 1.29 is 75.8 Å². The summed E-state index contributed by atoms with van der Waals surface area (Å²) < 4.78 is 61.5. The molecule has 0 aromatic heterocycles. The van der Waals surface area contributed by atoms with Crippen molar-refractivity contribution in [1.82, 2.24) is 0 Å². The first-order valence-corrected chi connectivity index (χ1v) is 49.4. The maximum absolute atomic E-state index is 13.1. The molecule has 0 aromatic rings. The second-order valence-electron chi connectivity index (χ2n) is 30.3. The van der Waals surface area contributed by atoms with E-state index >= 15 is 0 Å². The minimum absolute atomic E-state index is 0.0650. The number of esters is 3. The molecule has 0 heterocycles. The van der Waals surface area contributed by atoms with E-state index in [9.17, 15) is 43.5 Å². The molecular formula is C101H166O16P2. The summed E-state index contributed by atoms with van der Waals surface area (Å²) in [6, 6.07) is 0. The normalized spacial score (nSPS) is 14.7. The van der Waals surface area contributed by atoms with E-state index in [-0.39, 0.29) is 19.3 Å². The molecule has 0 fully saturated rings. The van der Waals surface area contributed by atoms with Gasteiger partial charge in [-0.1, -0.05) is 375 Å². The van der Waals surface area contributed by atoms with Gasteiger partial charge in [0.25, 0.3) is 0 Å². The summed E-state index contributed by atoms with van der Waals surface area (Å²) in [4.78, 5) is 59.0. The predicted molar refractivity (Wildman–Crippen MR) is 500 cm³/mol. The van der Waals surface area contributed by atoms with Crippen LogP contribution in [0.1, 0.15) is 355 Å². The maximum Gasteiger partial charge on any atom is 0.472 e. The molecule has 0 amide bonds. The highest BCUT2D eigenvalue weighted by atomic mass is 31.2. The van der Waals surface area contributed by atoms with Crippen LogP contribution in [-0.4, -0.2) is 95.9 Å². The average molecular weight is 1700 g/mol. The molecule has 0 radical (unpaired) electrons. The third-order valence-electron chi connectivity index (χ3n) is 19.0. The zero-order valence-electron chi connectivity index (χ0n) is 74.5. The van der Waals surface area contributed by atoms with E-state index in [1.807, 2.05) is 0 Å². The van der Waals surface area contributed by atoms with E-state index in [0.29, 0.717) is 19.3 Å². The SMILES string of the molecule is CC/C=C\C/C=C\C/C=C\C/C=C\C/C=C\C/C=C\CCCCCCCCCCC(=O)OCC(COP(=O)(O)OCC(O)COP(=O)(O)OCC(O)COC(=O)CCCCCCCCCCCCCCCCCCC/C=C\C/C=C\C/C=C\C/C=C\C/C=C\CC)OC(=O)CCCCCC/C=C\C/C=C\C/C=C\C/C=C\C/C=C\C/C=C\CC. The van der Waals surface area contributed by atoms with Gasteiger partial charge in [-0.05, 0) is 167 Å². The minimum atomic E-state index is -4.96. The number of carbonyl (C=O) groups excluding carboxylic acids is 3. The highest BCUT2D eigenvalue weighted by molar-refractivity contribution is 7.47. The molecule has 16 nitrogen and oxygen atoms in total. The zero-order chi connectivity index (χ0) is 86.5. The molecule has 0 aliphatic rings. The van der Waals surface area contributed by atoms with Crippen LogP contribution in [0.2, 0.25) is 0 Å². The molecule has 0 aliphatic carbocycles. The molecule has 119 heavy (non-hydrogen) atoms. The standard InChI is InChI=1S/C101H166O16P2/c1-4-7-10-13-16-19-22-25-28-31-34-37-40-42-44-45-46-47-48-49-51-53-55-57-60-63-66-69-72-75-78-81-84-87-99(104)111-90-96(102)91-113-118(107,108)114-92-97(103)93-115-119(109,110)116-95-98(117-101(106)89-86-83-80-77-74-71-68-65-62-59-54-39-36-33-30-27-24-21-18-15-12-9-6-3)94-112-100(105)88-85-82-79-76-73-70-67-64-61-58-56-52-50-43-41-38-35-32-29-26-23-20-17-14-11-8-5-2/h7-12,16-21,25-30,34-39,42-44,50,56,58-59,62,68,71,96-98,102-103H,4-6,13-15,22-24,31-33,40-41,45-49,51-55,57,60-61,63-67,69-70,72-95H2,1-3H3,(H,107,108)(H,109,110)/b10-7-,11-8-,12-9-,19-16-,20-17-,21-18-,28-25-,29-26-,30-27-,37-34-,38-35-,39-36-,44-42-,50-43-,58-56-,62-59-,71-68-. The van der Waals surface area contributed by atoms with Gasteiger partial charge in [0.15, 0.2) is 6.10 Å². The number of phosphoric acid groups is 2. The van der Waals surface area contributed by atoms with Gasteiger partial charge in [-0.2, -0.15) is 0 Å². The van der Waals surface area contributed by atoms with Crippen LogP contribution in [-0.2, 0) is 55.8 Å². The second-order valence-corrected chi connectivity index (χ2v) is 33.2. The van der Waals surface area contributed by atoms with Gasteiger partial charge in [0.1, 0.15) is 25.4 Å². The Kier molecular flexibility index (Phi) is 86.8. The Morgan fingerprint density at radius 1 is 0.235 bits per heavy atom. The summed E-state index contributed by atoms with van der Waals surface area (Å²) in [6.45, 7) is 2.32. The average Bonchev–Trinajstić information content (AvgIpc) is 0.902. The Balaban J connectivity index is 4.63. The molecule has 0 saturated carbocycles. The number of phosphoric ester groups is 2. The summed E-state index contributed by atoms with van der Waals surface area (Å²) in [5.41, 5.74) is 0. The fraction of sp³-hybridized carbons (Fsp3) is 0.634. The van der Waals surface area contributed by atoms with Gasteiger partial charge in [-0.25, -0.2) is 9.13 Å². The van der Waals surface area contributed by atoms with Crippen molar-refractivity contribution in [3.63, 3.8) is 0 Å². The van der Waals surface area contributed by atoms with Crippen molar-refractivity contribution >= 4 is 33.6 Å². The molecule has 0 saturated heterocycles. The van der Waals surface area contributed by atoms with Crippen LogP contribution in [0.15, 0.2) is 207 Å². The number of rotatable bonds is 86. The first-order valence-electron chi connectivity index (χ1n) is 46.4. The van der Waals surface area contributed by atoms with Gasteiger partial charge in [0.05, 0.1) is 26.4 Å². The van der Waals surface area contributed by atoms with Gasteiger partial charge in [-0.15, -0.1) is 0 Å². The van der Waals surface area contributed by atoms with Crippen LogP contribution >= 0.6 is 15.6 Å². The monoisotopic (exact) mass is 1700 g/mol. The Hall–Kier alpha value is -5.87. The number of unbranched alkanes of at least 4 members (excludes halogenated alkanes) is 29. The second kappa shape index (κ2) is 91.3. The molecule has 5 atom stereocenters. The third kappa shape index (κ3) is 92.7. The molecule has 0 bridgehead atoms. The molecule has 0 aromatic carbocycles. The number of ether oxygens (including phenoxy) is 3. The summed E-state index contributed by atoms with van der Waals surface area (Å²) in [6.07, 6.45) is 123. The molecule has 0 spiro atoms. The number of hydrogen-bond acceptors (Lipinski definition) is 14. The van der Waals surface area contributed by atoms with Gasteiger partial charge in [-0.3, -0.25) is 32.5 Å². The zero-order valence-corrected chi connectivity index (χ0v) is 76.2. The van der Waals surface area contributed by atoms with E-state index in [4.69, 9.17) is 32.3 Å². The van der Waals surface area contributed by atoms with Crippen LogP contribution < -0.4 is 0 Å². The molecule has 676 valence electrons. The Bertz CT molecular complexity index is 2990. The Morgan fingerprint density at radius 2 is 0.420 bits per heavy atom. The van der Waals surface area contributed by atoms with Crippen LogP contribution in [0, 0.1) is 0 Å². The molecule has 5 unspecified atom stereocenters. The smallest absolute Gasteiger partial charge is 0.463 e. The number of aliphatic hydroxyl groups excluding tert-OH is 2. The largest absolute Gasteiger partial charge is 0.472 e. The summed E-state index contributed by atoms with van der Waals surface area (Å²) in [7, 11) is -9.83. The van der Waals surface area contributed by atoms with Crippen LogP contribution in [0.25, 0.3) is 0 Å². The van der Waals surface area contributed by atoms with Gasteiger partial charge >= 0.3 is 33.6 Å². The van der Waals surface area contributed by atoms with Crippen molar-refractivity contribution in [2.45, 2.75) is 373 Å². The van der Waals surface area contributed by atoms with E-state index < -0.39 is 91.5 Å². The van der Waals surface area contributed by atoms with Crippen LogP contribution in [0.5, 0.6) is 0 Å². The van der Waals surface area contributed by atoms with E-state index in [1.165, 1.54) is 96.3 Å². The topological polar surface area (TPSA) is 231 Å². The number of hydrogen-bond donors (Lipinski definition) is 4. The lowest BCUT2D eigenvalue weighted by molar-refractivity contribution is -0.161. The lowest BCUT2D eigenvalue weighted by Gasteiger charge is -2.21. The van der Waals surface area contributed by atoms with Crippen molar-refractivity contribution in [3.8, 4) is 0 Å². The maximum atomic E-state index is 13.1. The Morgan fingerprint density at radius 3 is 0.664 bits per heavy atom. The number of carbonyl (C=O) groups is 3. The van der Waals surface area contributed by atoms with Crippen molar-refractivity contribution in [2.75, 3.05) is 39.6 Å². The Labute approximate surface area is 724 Å². The highest BCUT2D eigenvalue weighted by Gasteiger charge is 2.29. The fourth-order valence-corrected chi connectivity index (χ4v) is 13.7. The predicted octanol–water partition coefficient (Wildman–Crippen LogP) is 28.8. The summed E-state index contributed by atoms with van der Waals surface area (Å²) in [5, 5.41) is 20.7. The first kappa shape index (κ1) is 113. The highest BCUT2D eigenvalue weighted by Crippen LogP contribution is 2.45. The molecule has 0 aliphatic heterocycles. The number of aliphatic hydroxyl groups is 2. The van der Waals surface area contributed by atoms with Gasteiger partial charge in [0.2, 0.25) is 0 Å². The summed E-state index contributed by atoms with van der Waals surface area (Å²) in [5.74, 6) is -1.62.